The second-order valence-corrected chi connectivity index (χ2v) is 4.84. The van der Waals surface area contributed by atoms with E-state index in [-0.39, 0.29) is 5.56 Å². The van der Waals surface area contributed by atoms with Crippen LogP contribution in [-0.2, 0) is 13.0 Å². The number of H-pyrrole nitrogens is 1. The number of nitrogens with zero attached hydrogens (tertiary/aromatic N) is 1. The van der Waals surface area contributed by atoms with Crippen LogP contribution in [0.15, 0.2) is 24.3 Å². The molecule has 7 heteroatoms. The predicted molar refractivity (Wildman–Crippen MR) is 73.4 cm³/mol. The molecule has 0 radical (unpaired) electrons. The van der Waals surface area contributed by atoms with Gasteiger partial charge in [-0.3, -0.25) is 9.89 Å². The van der Waals surface area contributed by atoms with Gasteiger partial charge in [0.05, 0.1) is 0 Å². The molecule has 0 atom stereocenters. The van der Waals surface area contributed by atoms with Gasteiger partial charge < -0.3 is 10.6 Å². The maximum absolute atomic E-state index is 12.6. The smallest absolute Gasteiger partial charge is 0.276 e. The number of benzene rings is 1. The molecule has 0 fully saturated rings. The topological polar surface area (TPSA) is 69.8 Å². The number of carbonyl (C=O) groups is 1. The number of aromatic amines is 1. The van der Waals surface area contributed by atoms with Gasteiger partial charge in [-0.15, -0.1) is 0 Å². The van der Waals surface area contributed by atoms with Gasteiger partial charge >= 0.3 is 0 Å². The van der Waals surface area contributed by atoms with Crippen LogP contribution in [-0.4, -0.2) is 22.6 Å². The molecule has 2 aromatic rings. The molecule has 110 valence electrons. The average molecular weight is 292 g/mol. The lowest BCUT2D eigenvalue weighted by molar-refractivity contribution is 0.102. The van der Waals surface area contributed by atoms with Crippen LogP contribution < -0.4 is 10.6 Å². The van der Waals surface area contributed by atoms with Crippen LogP contribution in [0.3, 0.4) is 0 Å². The third kappa shape index (κ3) is 2.78. The third-order valence-electron chi connectivity index (χ3n) is 3.42. The first-order chi connectivity index (χ1) is 10.1. The monoisotopic (exact) mass is 292 g/mol. The third-order valence-corrected chi connectivity index (χ3v) is 3.42. The molecule has 3 N–H and O–H groups in total. The normalized spacial score (nSPS) is 14.0. The Bertz CT molecular complexity index is 669. The molecule has 0 spiro atoms. The predicted octanol–water partition coefficient (Wildman–Crippen LogP) is 2.25. The first kappa shape index (κ1) is 13.7. The Morgan fingerprint density at radius 1 is 1.38 bits per heavy atom. The zero-order valence-corrected chi connectivity index (χ0v) is 11.1. The van der Waals surface area contributed by atoms with Gasteiger partial charge in [-0.1, -0.05) is 12.1 Å². The summed E-state index contributed by atoms with van der Waals surface area (Å²) in [5.41, 5.74) is 2.29. The number of aromatic nitrogens is 2. The highest BCUT2D eigenvalue weighted by Gasteiger charge is 2.21. The Morgan fingerprint density at radius 2 is 2.24 bits per heavy atom. The van der Waals surface area contributed by atoms with E-state index >= 15 is 0 Å². The molecule has 0 unspecified atom stereocenters. The van der Waals surface area contributed by atoms with E-state index in [0.29, 0.717) is 17.9 Å². The maximum Gasteiger partial charge on any atom is 0.276 e. The minimum atomic E-state index is -2.57. The summed E-state index contributed by atoms with van der Waals surface area (Å²) in [6.45, 7) is 1.42. The van der Waals surface area contributed by atoms with Crippen molar-refractivity contribution in [2.75, 3.05) is 11.9 Å². The van der Waals surface area contributed by atoms with Crippen molar-refractivity contribution >= 4 is 11.6 Å². The van der Waals surface area contributed by atoms with Crippen LogP contribution in [0, 0.1) is 0 Å². The average Bonchev–Trinajstić information content (AvgIpc) is 2.91. The van der Waals surface area contributed by atoms with E-state index in [2.05, 4.69) is 20.8 Å². The maximum atomic E-state index is 12.6. The number of alkyl halides is 2. The van der Waals surface area contributed by atoms with Crippen molar-refractivity contribution in [3.8, 4) is 0 Å². The highest BCUT2D eigenvalue weighted by molar-refractivity contribution is 6.04. The number of rotatable bonds is 3. The molecule has 3 rings (SSSR count). The molecule has 2 heterocycles. The molecule has 0 saturated carbocycles. The fraction of sp³-hybridized carbons (Fsp3) is 0.286. The van der Waals surface area contributed by atoms with E-state index in [4.69, 9.17) is 0 Å². The van der Waals surface area contributed by atoms with Crippen LogP contribution in [0.25, 0.3) is 0 Å². The Hall–Kier alpha value is -2.28. The first-order valence-electron chi connectivity index (χ1n) is 6.61. The number of anilines is 1. The lowest BCUT2D eigenvalue weighted by Crippen LogP contribution is -2.25. The molecule has 0 bridgehead atoms. The standard InChI is InChI=1S/C14H14F2N4O/c15-13(16)8-2-1-3-9(6-8)18-14(21)12-10-7-17-5-4-11(10)19-20-12/h1-3,6,13,17H,4-5,7H2,(H,18,21)(H,19,20). The molecule has 1 aromatic heterocycles. The number of carbonyl (C=O) groups excluding carboxylic acids is 1. The summed E-state index contributed by atoms with van der Waals surface area (Å²) in [5, 5.41) is 12.7. The zero-order chi connectivity index (χ0) is 14.8. The summed E-state index contributed by atoms with van der Waals surface area (Å²) < 4.78 is 25.3. The SMILES string of the molecule is O=C(Nc1cccc(C(F)F)c1)c1n[nH]c2c1CNCC2. The van der Waals surface area contributed by atoms with Crippen LogP contribution in [0.5, 0.6) is 0 Å². The fourth-order valence-corrected chi connectivity index (χ4v) is 2.36. The Morgan fingerprint density at radius 3 is 3.05 bits per heavy atom. The highest BCUT2D eigenvalue weighted by Crippen LogP contribution is 2.22. The molecule has 1 aliphatic heterocycles. The van der Waals surface area contributed by atoms with Crippen LogP contribution in [0.4, 0.5) is 14.5 Å². The van der Waals surface area contributed by atoms with E-state index in [0.717, 1.165) is 24.2 Å². The van der Waals surface area contributed by atoms with Gasteiger partial charge in [0.15, 0.2) is 5.69 Å². The van der Waals surface area contributed by atoms with Crippen molar-refractivity contribution in [2.24, 2.45) is 0 Å². The van der Waals surface area contributed by atoms with Crippen molar-refractivity contribution in [2.45, 2.75) is 19.4 Å². The summed E-state index contributed by atoms with van der Waals surface area (Å²) in [7, 11) is 0. The van der Waals surface area contributed by atoms with Crippen molar-refractivity contribution in [1.29, 1.82) is 0 Å². The van der Waals surface area contributed by atoms with E-state index in [1.165, 1.54) is 18.2 Å². The molecular formula is C14H14F2N4O. The first-order valence-corrected chi connectivity index (χ1v) is 6.61. The summed E-state index contributed by atoms with van der Waals surface area (Å²) >= 11 is 0. The molecule has 5 nitrogen and oxygen atoms in total. The molecule has 0 saturated heterocycles. The number of hydrogen-bond donors (Lipinski definition) is 3. The minimum absolute atomic E-state index is 0.126. The number of fused-ring (bicyclic) bond motifs is 1. The molecule has 21 heavy (non-hydrogen) atoms. The molecule has 0 aliphatic carbocycles. The van der Waals surface area contributed by atoms with Gasteiger partial charge in [-0.2, -0.15) is 5.10 Å². The molecule has 1 amide bonds. The summed E-state index contributed by atoms with van der Waals surface area (Å²) in [5.74, 6) is -0.400. The van der Waals surface area contributed by atoms with Gasteiger partial charge in [-0.05, 0) is 12.1 Å². The van der Waals surface area contributed by atoms with Crippen molar-refractivity contribution in [3.05, 3.63) is 46.8 Å². The zero-order valence-electron chi connectivity index (χ0n) is 11.1. The second kappa shape index (κ2) is 5.61. The summed E-state index contributed by atoms with van der Waals surface area (Å²) in [6.07, 6.45) is -1.78. The van der Waals surface area contributed by atoms with E-state index in [1.807, 2.05) is 0 Å². The number of amides is 1. The van der Waals surface area contributed by atoms with E-state index < -0.39 is 12.3 Å². The highest BCUT2D eigenvalue weighted by atomic mass is 19.3. The largest absolute Gasteiger partial charge is 0.321 e. The van der Waals surface area contributed by atoms with Crippen LogP contribution in [0.1, 0.15) is 33.7 Å². The fourth-order valence-electron chi connectivity index (χ4n) is 2.36. The number of nitrogens with one attached hydrogen (secondary N) is 3. The molecule has 1 aromatic carbocycles. The van der Waals surface area contributed by atoms with Gasteiger partial charge in [-0.25, -0.2) is 8.78 Å². The second-order valence-electron chi connectivity index (χ2n) is 4.84. The van der Waals surface area contributed by atoms with Crippen molar-refractivity contribution < 1.29 is 13.6 Å². The number of halogens is 2. The molecular weight excluding hydrogens is 278 g/mol. The Labute approximate surface area is 119 Å². The molecule has 1 aliphatic rings. The van der Waals surface area contributed by atoms with Crippen molar-refractivity contribution in [3.63, 3.8) is 0 Å². The van der Waals surface area contributed by atoms with Crippen LogP contribution >= 0.6 is 0 Å². The van der Waals surface area contributed by atoms with Gasteiger partial charge in [0.2, 0.25) is 0 Å². The summed E-state index contributed by atoms with van der Waals surface area (Å²) in [6, 6.07) is 5.64. The van der Waals surface area contributed by atoms with Gasteiger partial charge in [0, 0.05) is 42.0 Å². The van der Waals surface area contributed by atoms with Crippen molar-refractivity contribution in [1.82, 2.24) is 15.5 Å². The Balaban J connectivity index is 1.80. The van der Waals surface area contributed by atoms with E-state index in [9.17, 15) is 13.6 Å². The van der Waals surface area contributed by atoms with Crippen LogP contribution in [0.2, 0.25) is 0 Å². The van der Waals surface area contributed by atoms with Gasteiger partial charge in [0.25, 0.3) is 12.3 Å². The Kier molecular flexibility index (Phi) is 3.66. The summed E-state index contributed by atoms with van der Waals surface area (Å²) in [4.78, 5) is 12.2. The van der Waals surface area contributed by atoms with E-state index in [1.54, 1.807) is 6.07 Å². The minimum Gasteiger partial charge on any atom is -0.321 e. The lowest BCUT2D eigenvalue weighted by atomic mass is 10.1. The quantitative estimate of drug-likeness (QED) is 0.812. The lowest BCUT2D eigenvalue weighted by Gasteiger charge is -2.13. The van der Waals surface area contributed by atoms with Gasteiger partial charge in [0.1, 0.15) is 0 Å². The number of hydrogen-bond acceptors (Lipinski definition) is 3.